The van der Waals surface area contributed by atoms with Gasteiger partial charge in [0.15, 0.2) is 0 Å². The Morgan fingerprint density at radius 3 is 2.56 bits per heavy atom. The first-order valence-electron chi connectivity index (χ1n) is 8.31. The number of ether oxygens (including phenoxy) is 1. The number of aromatic nitrogens is 4. The van der Waals surface area contributed by atoms with E-state index in [-0.39, 0.29) is 6.04 Å². The fourth-order valence-corrected chi connectivity index (χ4v) is 2.83. The van der Waals surface area contributed by atoms with Crippen LogP contribution < -0.4 is 10.1 Å². The van der Waals surface area contributed by atoms with Gasteiger partial charge >= 0.3 is 0 Å². The minimum Gasteiger partial charge on any atom is -0.496 e. The van der Waals surface area contributed by atoms with Gasteiger partial charge in [0, 0.05) is 17.3 Å². The number of rotatable bonds is 6. The summed E-state index contributed by atoms with van der Waals surface area (Å²) in [6.07, 6.45) is 0. The van der Waals surface area contributed by atoms with Crippen LogP contribution in [0.5, 0.6) is 5.75 Å². The zero-order valence-corrected chi connectivity index (χ0v) is 15.0. The van der Waals surface area contributed by atoms with E-state index in [1.165, 1.54) is 0 Å². The number of para-hydroxylation sites is 1. The summed E-state index contributed by atoms with van der Waals surface area (Å²) in [5, 5.41) is 16.5. The van der Waals surface area contributed by atoms with Gasteiger partial charge in [0.2, 0.25) is 0 Å². The summed E-state index contributed by atoms with van der Waals surface area (Å²) in [6.45, 7) is 6.94. The quantitative estimate of drug-likeness (QED) is 0.746. The molecular weight excluding hydrogens is 314 g/mol. The topological polar surface area (TPSA) is 64.9 Å². The lowest BCUT2D eigenvalue weighted by atomic mass is 10.1. The van der Waals surface area contributed by atoms with E-state index in [0.29, 0.717) is 0 Å². The third kappa shape index (κ3) is 3.96. The van der Waals surface area contributed by atoms with E-state index in [1.54, 1.807) is 7.11 Å². The Kier molecular flexibility index (Phi) is 4.97. The maximum Gasteiger partial charge on any atom is 0.148 e. The number of methoxy groups -OCH3 is 1. The van der Waals surface area contributed by atoms with Gasteiger partial charge in [0.05, 0.1) is 25.0 Å². The first-order chi connectivity index (χ1) is 12.1. The lowest BCUT2D eigenvalue weighted by Gasteiger charge is -2.15. The van der Waals surface area contributed by atoms with Crippen molar-refractivity contribution in [2.45, 2.75) is 33.4 Å². The van der Waals surface area contributed by atoms with Crippen molar-refractivity contribution in [3.8, 4) is 17.0 Å². The Morgan fingerprint density at radius 2 is 1.92 bits per heavy atom. The molecular formula is C19H23N5O. The van der Waals surface area contributed by atoms with Gasteiger partial charge in [-0.1, -0.05) is 12.1 Å². The summed E-state index contributed by atoms with van der Waals surface area (Å²) in [5.74, 6) is 1.53. The van der Waals surface area contributed by atoms with Crippen LogP contribution in [0.2, 0.25) is 0 Å². The van der Waals surface area contributed by atoms with Gasteiger partial charge in [-0.3, -0.25) is 4.68 Å². The smallest absolute Gasteiger partial charge is 0.148 e. The molecule has 6 heteroatoms. The average molecular weight is 337 g/mol. The molecule has 0 fully saturated rings. The molecule has 0 bridgehead atoms. The van der Waals surface area contributed by atoms with Crippen molar-refractivity contribution in [2.24, 2.45) is 0 Å². The van der Waals surface area contributed by atoms with Crippen molar-refractivity contribution in [1.82, 2.24) is 20.0 Å². The van der Waals surface area contributed by atoms with Crippen LogP contribution >= 0.6 is 0 Å². The highest BCUT2D eigenvalue weighted by Gasteiger charge is 2.10. The Morgan fingerprint density at radius 1 is 1.12 bits per heavy atom. The van der Waals surface area contributed by atoms with Crippen molar-refractivity contribution < 1.29 is 4.74 Å². The molecule has 3 aromatic rings. The minimum absolute atomic E-state index is 0.185. The molecule has 0 aliphatic rings. The van der Waals surface area contributed by atoms with Crippen LogP contribution in [0.4, 0.5) is 5.82 Å². The number of hydrogen-bond donors (Lipinski definition) is 1. The molecule has 1 atom stereocenters. The third-order valence-corrected chi connectivity index (χ3v) is 3.99. The lowest BCUT2D eigenvalue weighted by molar-refractivity contribution is 0.416. The summed E-state index contributed by atoms with van der Waals surface area (Å²) in [5.41, 5.74) is 3.91. The Hall–Kier alpha value is -2.89. The highest BCUT2D eigenvalue weighted by atomic mass is 16.5. The van der Waals surface area contributed by atoms with E-state index in [1.807, 2.05) is 48.0 Å². The molecule has 0 aliphatic carbocycles. The van der Waals surface area contributed by atoms with Gasteiger partial charge in [-0.25, -0.2) is 0 Å². The average Bonchev–Trinajstić information content (AvgIpc) is 2.92. The molecule has 0 amide bonds. The minimum atomic E-state index is 0.185. The maximum absolute atomic E-state index is 5.38. The van der Waals surface area contributed by atoms with Crippen molar-refractivity contribution in [3.63, 3.8) is 0 Å². The second kappa shape index (κ2) is 7.34. The van der Waals surface area contributed by atoms with Crippen LogP contribution in [0, 0.1) is 13.8 Å². The number of nitrogens with one attached hydrogen (secondary N) is 1. The van der Waals surface area contributed by atoms with Crippen LogP contribution in [0.3, 0.4) is 0 Å². The van der Waals surface area contributed by atoms with Crippen LogP contribution in [0.1, 0.15) is 18.3 Å². The molecule has 0 saturated heterocycles. The molecule has 0 spiro atoms. The molecule has 1 unspecified atom stereocenters. The summed E-state index contributed by atoms with van der Waals surface area (Å²) >= 11 is 0. The van der Waals surface area contributed by atoms with E-state index < -0.39 is 0 Å². The second-order valence-corrected chi connectivity index (χ2v) is 6.16. The summed E-state index contributed by atoms with van der Waals surface area (Å²) in [7, 11) is 1.66. The monoisotopic (exact) mass is 337 g/mol. The molecule has 3 rings (SSSR count). The number of anilines is 1. The summed E-state index contributed by atoms with van der Waals surface area (Å²) in [4.78, 5) is 0. The van der Waals surface area contributed by atoms with Gasteiger partial charge in [-0.2, -0.15) is 5.10 Å². The highest BCUT2D eigenvalue weighted by molar-refractivity contribution is 5.67. The van der Waals surface area contributed by atoms with Gasteiger partial charge in [-0.05, 0) is 51.1 Å². The zero-order valence-electron chi connectivity index (χ0n) is 15.0. The number of benzene rings is 1. The molecule has 2 heterocycles. The SMILES string of the molecule is COc1ccccc1-c1ccc(NC(C)Cn2nc(C)cc2C)nn1. The largest absolute Gasteiger partial charge is 0.496 e. The molecule has 1 N–H and O–H groups in total. The highest BCUT2D eigenvalue weighted by Crippen LogP contribution is 2.27. The van der Waals surface area contributed by atoms with Crippen LogP contribution in [-0.2, 0) is 6.54 Å². The predicted octanol–water partition coefficient (Wildman–Crippen LogP) is 3.47. The van der Waals surface area contributed by atoms with Gasteiger partial charge < -0.3 is 10.1 Å². The Bertz CT molecular complexity index is 841. The predicted molar refractivity (Wildman–Crippen MR) is 98.8 cm³/mol. The van der Waals surface area contributed by atoms with Crippen LogP contribution in [-0.4, -0.2) is 33.1 Å². The third-order valence-electron chi connectivity index (χ3n) is 3.99. The molecule has 0 radical (unpaired) electrons. The van der Waals surface area contributed by atoms with E-state index in [9.17, 15) is 0 Å². The van der Waals surface area contributed by atoms with Gasteiger partial charge in [0.25, 0.3) is 0 Å². The fourth-order valence-electron chi connectivity index (χ4n) is 2.83. The first-order valence-corrected chi connectivity index (χ1v) is 8.31. The fraction of sp³-hybridized carbons (Fsp3) is 0.316. The Labute approximate surface area is 147 Å². The van der Waals surface area contributed by atoms with E-state index in [2.05, 4.69) is 40.5 Å². The van der Waals surface area contributed by atoms with Gasteiger partial charge in [0.1, 0.15) is 11.6 Å². The van der Waals surface area contributed by atoms with Crippen LogP contribution in [0.25, 0.3) is 11.3 Å². The lowest BCUT2D eigenvalue weighted by Crippen LogP contribution is -2.24. The van der Waals surface area contributed by atoms with E-state index in [4.69, 9.17) is 4.74 Å². The van der Waals surface area contributed by atoms with Crippen molar-refractivity contribution in [1.29, 1.82) is 0 Å². The molecule has 0 saturated carbocycles. The Balaban J connectivity index is 1.69. The molecule has 1 aromatic carbocycles. The molecule has 6 nitrogen and oxygen atoms in total. The first kappa shape index (κ1) is 17.0. The molecule has 0 aliphatic heterocycles. The van der Waals surface area contributed by atoms with Crippen molar-refractivity contribution >= 4 is 5.82 Å². The van der Waals surface area contributed by atoms with E-state index in [0.717, 1.165) is 40.8 Å². The number of hydrogen-bond acceptors (Lipinski definition) is 5. The molecule has 130 valence electrons. The molecule has 2 aromatic heterocycles. The standard InChI is InChI=1S/C19H23N5O/c1-13-11-15(3)24(23-13)12-14(2)20-19-10-9-17(21-22-19)16-7-5-6-8-18(16)25-4/h5-11,14H,12H2,1-4H3,(H,20,22). The number of aryl methyl sites for hydroxylation is 2. The van der Waals surface area contributed by atoms with E-state index >= 15 is 0 Å². The summed E-state index contributed by atoms with van der Waals surface area (Å²) < 4.78 is 7.38. The van der Waals surface area contributed by atoms with Crippen molar-refractivity contribution in [3.05, 3.63) is 53.9 Å². The van der Waals surface area contributed by atoms with Crippen molar-refractivity contribution in [2.75, 3.05) is 12.4 Å². The molecule has 25 heavy (non-hydrogen) atoms. The maximum atomic E-state index is 5.38. The normalized spacial score (nSPS) is 12.0. The summed E-state index contributed by atoms with van der Waals surface area (Å²) in [6, 6.07) is 13.9. The van der Waals surface area contributed by atoms with Crippen LogP contribution in [0.15, 0.2) is 42.5 Å². The number of nitrogens with zero attached hydrogens (tertiary/aromatic N) is 4. The zero-order chi connectivity index (χ0) is 17.8. The second-order valence-electron chi connectivity index (χ2n) is 6.16. The van der Waals surface area contributed by atoms with Gasteiger partial charge in [-0.15, -0.1) is 10.2 Å².